The van der Waals surface area contributed by atoms with Crippen LogP contribution in [0.15, 0.2) is 27.4 Å². The zero-order valence-electron chi connectivity index (χ0n) is 7.24. The molecule has 13 heavy (non-hydrogen) atoms. The van der Waals surface area contributed by atoms with Crippen LogP contribution in [0.5, 0.6) is 0 Å². The van der Waals surface area contributed by atoms with E-state index in [1.54, 1.807) is 0 Å². The molecule has 1 saturated heterocycles. The molecule has 72 valence electrons. The molecule has 0 amide bonds. The van der Waals surface area contributed by atoms with Crippen LogP contribution >= 0.6 is 32.9 Å². The highest BCUT2D eigenvalue weighted by Crippen LogP contribution is 2.17. The van der Waals surface area contributed by atoms with Crippen molar-refractivity contribution in [3.05, 3.63) is 22.5 Å². The van der Waals surface area contributed by atoms with Gasteiger partial charge in [-0.05, 0) is 34.8 Å². The topological polar surface area (TPSA) is 15.6 Å². The maximum absolute atomic E-state index is 4.24. The highest BCUT2D eigenvalue weighted by atomic mass is 79.9. The van der Waals surface area contributed by atoms with Crippen molar-refractivity contribution in [2.75, 3.05) is 13.1 Å². The van der Waals surface area contributed by atoms with Crippen LogP contribution in [0, 0.1) is 0 Å². The van der Waals surface area contributed by atoms with Crippen molar-refractivity contribution in [3.8, 4) is 0 Å². The lowest BCUT2D eigenvalue weighted by molar-refractivity contribution is 0.465. The number of halogens is 2. The molecule has 1 fully saturated rings. The Kier molecular flexibility index (Phi) is 4.19. The van der Waals surface area contributed by atoms with Gasteiger partial charge in [0.2, 0.25) is 0 Å². The molecule has 2 heterocycles. The SMILES string of the molecule is Br.BrC1=C/C(=C\N2CCCC2)N=C1. The quantitative estimate of drug-likeness (QED) is 0.727. The van der Waals surface area contributed by atoms with Crippen molar-refractivity contribution < 1.29 is 0 Å². The van der Waals surface area contributed by atoms with Gasteiger partial charge in [0.25, 0.3) is 0 Å². The molecule has 0 radical (unpaired) electrons. The highest BCUT2D eigenvalue weighted by Gasteiger charge is 2.09. The van der Waals surface area contributed by atoms with Gasteiger partial charge in [-0.15, -0.1) is 17.0 Å². The van der Waals surface area contributed by atoms with E-state index in [-0.39, 0.29) is 17.0 Å². The lowest BCUT2D eigenvalue weighted by Crippen LogP contribution is -2.10. The third-order valence-corrected chi connectivity index (χ3v) is 2.51. The summed E-state index contributed by atoms with van der Waals surface area (Å²) in [6.07, 6.45) is 8.65. The first kappa shape index (κ1) is 11.0. The summed E-state index contributed by atoms with van der Waals surface area (Å²) in [4.78, 5) is 6.56. The fourth-order valence-corrected chi connectivity index (χ4v) is 1.82. The lowest BCUT2D eigenvalue weighted by atomic mass is 10.4. The smallest absolute Gasteiger partial charge is 0.0800 e. The number of aliphatic imine (C=N–C) groups is 1. The van der Waals surface area contributed by atoms with Crippen molar-refractivity contribution in [2.24, 2.45) is 4.99 Å². The Morgan fingerprint density at radius 3 is 2.62 bits per heavy atom. The third-order valence-electron chi connectivity index (χ3n) is 2.08. The molecule has 0 aromatic rings. The molecule has 0 aromatic carbocycles. The third kappa shape index (κ3) is 2.95. The molecule has 0 spiro atoms. The Bertz CT molecular complexity index is 263. The Morgan fingerprint density at radius 2 is 2.08 bits per heavy atom. The molecule has 2 rings (SSSR count). The van der Waals surface area contributed by atoms with Gasteiger partial charge < -0.3 is 4.90 Å². The molecule has 0 aliphatic carbocycles. The van der Waals surface area contributed by atoms with Gasteiger partial charge in [0.1, 0.15) is 0 Å². The van der Waals surface area contributed by atoms with E-state index in [0.717, 1.165) is 10.2 Å². The summed E-state index contributed by atoms with van der Waals surface area (Å²) in [7, 11) is 0. The summed E-state index contributed by atoms with van der Waals surface area (Å²) in [5.41, 5.74) is 1.06. The Hall–Kier alpha value is -0.0900. The van der Waals surface area contributed by atoms with E-state index >= 15 is 0 Å². The number of rotatable bonds is 1. The fraction of sp³-hybridized carbons (Fsp3) is 0.444. The van der Waals surface area contributed by atoms with Crippen LogP contribution in [0.25, 0.3) is 0 Å². The van der Waals surface area contributed by atoms with E-state index in [0.29, 0.717) is 0 Å². The molecule has 2 nitrogen and oxygen atoms in total. The summed E-state index contributed by atoms with van der Waals surface area (Å²) >= 11 is 3.38. The Morgan fingerprint density at radius 1 is 1.38 bits per heavy atom. The number of hydrogen-bond acceptors (Lipinski definition) is 2. The zero-order valence-corrected chi connectivity index (χ0v) is 10.5. The molecule has 0 unspecified atom stereocenters. The van der Waals surface area contributed by atoms with Crippen LogP contribution in [0.2, 0.25) is 0 Å². The predicted octanol–water partition coefficient (Wildman–Crippen LogP) is 2.86. The Balaban J connectivity index is 0.000000845. The predicted molar refractivity (Wildman–Crippen MR) is 64.7 cm³/mol. The minimum atomic E-state index is 0. The average molecular weight is 308 g/mol. The first-order valence-corrected chi connectivity index (χ1v) is 5.01. The first-order valence-electron chi connectivity index (χ1n) is 4.22. The molecule has 0 N–H and O–H groups in total. The normalized spacial score (nSPS) is 23.6. The summed E-state index contributed by atoms with van der Waals surface area (Å²) in [5, 5.41) is 0. The summed E-state index contributed by atoms with van der Waals surface area (Å²) in [6, 6.07) is 0. The van der Waals surface area contributed by atoms with E-state index in [9.17, 15) is 0 Å². The maximum Gasteiger partial charge on any atom is 0.0800 e. The second-order valence-corrected chi connectivity index (χ2v) is 4.00. The van der Waals surface area contributed by atoms with Crippen molar-refractivity contribution in [3.63, 3.8) is 0 Å². The van der Waals surface area contributed by atoms with Crippen LogP contribution in [-0.4, -0.2) is 24.2 Å². The van der Waals surface area contributed by atoms with Gasteiger partial charge in [0.05, 0.1) is 5.70 Å². The van der Waals surface area contributed by atoms with E-state index in [4.69, 9.17) is 0 Å². The maximum atomic E-state index is 4.24. The summed E-state index contributed by atoms with van der Waals surface area (Å²) < 4.78 is 1.06. The van der Waals surface area contributed by atoms with E-state index < -0.39 is 0 Å². The number of nitrogens with zero attached hydrogens (tertiary/aromatic N) is 2. The van der Waals surface area contributed by atoms with Gasteiger partial charge in [-0.1, -0.05) is 0 Å². The van der Waals surface area contributed by atoms with Crippen molar-refractivity contribution in [1.82, 2.24) is 4.90 Å². The van der Waals surface area contributed by atoms with E-state index in [1.165, 1.54) is 25.9 Å². The van der Waals surface area contributed by atoms with Crippen molar-refractivity contribution >= 4 is 39.1 Å². The van der Waals surface area contributed by atoms with Gasteiger partial charge in [-0.25, -0.2) is 0 Å². The van der Waals surface area contributed by atoms with Crippen LogP contribution in [0.1, 0.15) is 12.8 Å². The minimum absolute atomic E-state index is 0. The van der Waals surface area contributed by atoms with Crippen LogP contribution in [0.3, 0.4) is 0 Å². The molecule has 2 aliphatic heterocycles. The van der Waals surface area contributed by atoms with E-state index in [1.807, 2.05) is 12.3 Å². The summed E-state index contributed by atoms with van der Waals surface area (Å²) in [6.45, 7) is 2.37. The molecular formula is C9H12Br2N2. The molecule has 2 aliphatic rings. The Labute approximate surface area is 97.3 Å². The molecule has 4 heteroatoms. The van der Waals surface area contributed by atoms with E-state index in [2.05, 4.69) is 32.0 Å². The molecule has 0 saturated carbocycles. The van der Waals surface area contributed by atoms with Gasteiger partial charge >= 0.3 is 0 Å². The average Bonchev–Trinajstić information content (AvgIpc) is 2.63. The largest absolute Gasteiger partial charge is 0.376 e. The van der Waals surface area contributed by atoms with Gasteiger partial charge in [0.15, 0.2) is 0 Å². The lowest BCUT2D eigenvalue weighted by Gasteiger charge is -2.10. The first-order chi connectivity index (χ1) is 5.84. The molecule has 0 bridgehead atoms. The van der Waals surface area contributed by atoms with Crippen LogP contribution < -0.4 is 0 Å². The highest BCUT2D eigenvalue weighted by molar-refractivity contribution is 9.12. The monoisotopic (exact) mass is 306 g/mol. The minimum Gasteiger partial charge on any atom is -0.376 e. The van der Waals surface area contributed by atoms with Crippen molar-refractivity contribution in [1.29, 1.82) is 0 Å². The number of likely N-dealkylation sites (tertiary alicyclic amines) is 1. The number of hydrogen-bond donors (Lipinski definition) is 0. The van der Waals surface area contributed by atoms with Gasteiger partial charge in [0, 0.05) is 30.0 Å². The second kappa shape index (κ2) is 4.96. The van der Waals surface area contributed by atoms with Crippen LogP contribution in [-0.2, 0) is 0 Å². The zero-order chi connectivity index (χ0) is 8.39. The standard InChI is InChI=1S/C9H11BrN2.BrH/c10-8-5-9(11-6-8)7-12-3-1-2-4-12;/h5-7H,1-4H2;1H/b9-7+;. The van der Waals surface area contributed by atoms with Crippen LogP contribution in [0.4, 0.5) is 0 Å². The van der Waals surface area contributed by atoms with Gasteiger partial charge in [-0.2, -0.15) is 0 Å². The molecule has 0 aromatic heterocycles. The van der Waals surface area contributed by atoms with Crippen molar-refractivity contribution in [2.45, 2.75) is 12.8 Å². The summed E-state index contributed by atoms with van der Waals surface area (Å²) in [5.74, 6) is 0. The number of allylic oxidation sites excluding steroid dienone is 2. The second-order valence-electron chi connectivity index (χ2n) is 3.08. The molecule has 0 atom stereocenters. The molecular weight excluding hydrogens is 296 g/mol. The van der Waals surface area contributed by atoms with Gasteiger partial charge in [-0.3, -0.25) is 4.99 Å². The fourth-order valence-electron chi connectivity index (χ4n) is 1.48.